The molecule has 1 N–H and O–H groups in total. The van der Waals surface area contributed by atoms with Gasteiger partial charge < -0.3 is 10.2 Å². The number of anilines is 1. The first-order valence-corrected chi connectivity index (χ1v) is 5.48. The average Bonchev–Trinajstić information content (AvgIpc) is 2.34. The molecule has 0 saturated carbocycles. The summed E-state index contributed by atoms with van der Waals surface area (Å²) in [5, 5.41) is 13.5. The fraction of sp³-hybridized carbons (Fsp3) is 0.455. The summed E-state index contributed by atoms with van der Waals surface area (Å²) in [5.41, 5.74) is -1.88. The first-order valence-electron chi connectivity index (χ1n) is 5.48. The Kier molecular flexibility index (Phi) is 4.71. The van der Waals surface area contributed by atoms with Gasteiger partial charge in [0.25, 0.3) is 5.69 Å². The molecule has 0 heterocycles. The first kappa shape index (κ1) is 15.2. The van der Waals surface area contributed by atoms with E-state index in [0.29, 0.717) is 13.1 Å². The van der Waals surface area contributed by atoms with Crippen molar-refractivity contribution >= 4 is 11.4 Å². The number of likely N-dealkylation sites (N-methyl/N-ethyl adjacent to an activating group) is 2. The van der Waals surface area contributed by atoms with E-state index in [1.807, 2.05) is 0 Å². The number of alkyl halides is 3. The van der Waals surface area contributed by atoms with Crippen LogP contribution in [0.25, 0.3) is 0 Å². The summed E-state index contributed by atoms with van der Waals surface area (Å²) >= 11 is 0. The van der Waals surface area contributed by atoms with Crippen molar-refractivity contribution in [3.05, 3.63) is 33.9 Å². The Morgan fingerprint density at radius 3 is 2.53 bits per heavy atom. The number of hydrogen-bond donors (Lipinski definition) is 1. The van der Waals surface area contributed by atoms with Crippen molar-refractivity contribution < 1.29 is 18.1 Å². The van der Waals surface area contributed by atoms with Gasteiger partial charge >= 0.3 is 6.18 Å². The van der Waals surface area contributed by atoms with E-state index in [0.717, 1.165) is 12.1 Å². The molecule has 0 amide bonds. The smallest absolute Gasteiger partial charge is 0.373 e. The molecule has 106 valence electrons. The van der Waals surface area contributed by atoms with E-state index < -0.39 is 22.4 Å². The van der Waals surface area contributed by atoms with Gasteiger partial charge in [-0.05, 0) is 19.2 Å². The van der Waals surface area contributed by atoms with E-state index in [4.69, 9.17) is 0 Å². The second kappa shape index (κ2) is 5.87. The largest absolute Gasteiger partial charge is 0.423 e. The molecule has 0 unspecified atom stereocenters. The molecule has 1 aromatic carbocycles. The zero-order valence-electron chi connectivity index (χ0n) is 10.5. The van der Waals surface area contributed by atoms with Crippen molar-refractivity contribution in [2.24, 2.45) is 0 Å². The van der Waals surface area contributed by atoms with Gasteiger partial charge in [-0.15, -0.1) is 0 Å². The van der Waals surface area contributed by atoms with Gasteiger partial charge in [0, 0.05) is 31.9 Å². The first-order chi connectivity index (χ1) is 8.77. The van der Waals surface area contributed by atoms with E-state index >= 15 is 0 Å². The minimum Gasteiger partial charge on any atom is -0.373 e. The van der Waals surface area contributed by atoms with Crippen LogP contribution in [0.5, 0.6) is 0 Å². The van der Waals surface area contributed by atoms with Crippen molar-refractivity contribution in [1.82, 2.24) is 5.32 Å². The summed E-state index contributed by atoms with van der Waals surface area (Å²) in [6.45, 7) is 1.08. The molecule has 0 aromatic heterocycles. The molecular weight excluding hydrogens is 263 g/mol. The SMILES string of the molecule is CNCCN(C)c1ccc([N+](=O)[O-])c(C(F)(F)F)c1. The van der Waals surface area contributed by atoms with E-state index in [9.17, 15) is 23.3 Å². The number of halogens is 3. The van der Waals surface area contributed by atoms with Gasteiger partial charge in [-0.25, -0.2) is 0 Å². The van der Waals surface area contributed by atoms with Gasteiger partial charge in [0.2, 0.25) is 0 Å². The fourth-order valence-electron chi connectivity index (χ4n) is 1.56. The lowest BCUT2D eigenvalue weighted by Gasteiger charge is -2.20. The summed E-state index contributed by atoms with van der Waals surface area (Å²) in [4.78, 5) is 11.2. The molecule has 0 aliphatic rings. The van der Waals surface area contributed by atoms with Gasteiger partial charge in [0.05, 0.1) is 4.92 Å². The maximum Gasteiger partial charge on any atom is 0.423 e. The topological polar surface area (TPSA) is 58.4 Å². The molecule has 0 aliphatic carbocycles. The molecule has 5 nitrogen and oxygen atoms in total. The van der Waals surface area contributed by atoms with Crippen LogP contribution in [0.1, 0.15) is 5.56 Å². The Balaban J connectivity index is 3.15. The Bertz CT molecular complexity index is 463. The number of nitrogens with one attached hydrogen (secondary N) is 1. The maximum atomic E-state index is 12.8. The van der Waals surface area contributed by atoms with Crippen molar-refractivity contribution in [2.45, 2.75) is 6.18 Å². The number of nitro benzene ring substituents is 1. The van der Waals surface area contributed by atoms with Crippen LogP contribution in [0.3, 0.4) is 0 Å². The highest BCUT2D eigenvalue weighted by Crippen LogP contribution is 2.38. The third-order valence-electron chi connectivity index (χ3n) is 2.62. The molecule has 1 rings (SSSR count). The van der Waals surface area contributed by atoms with Gasteiger partial charge in [-0.1, -0.05) is 0 Å². The number of rotatable bonds is 5. The molecule has 0 saturated heterocycles. The molecule has 19 heavy (non-hydrogen) atoms. The van der Waals surface area contributed by atoms with Crippen LogP contribution in [-0.4, -0.2) is 32.1 Å². The Labute approximate surface area is 108 Å². The van der Waals surface area contributed by atoms with E-state index in [2.05, 4.69) is 5.32 Å². The zero-order valence-corrected chi connectivity index (χ0v) is 10.5. The number of nitrogens with zero attached hydrogens (tertiary/aromatic N) is 2. The summed E-state index contributed by atoms with van der Waals surface area (Å²) in [6.07, 6.45) is -4.75. The van der Waals surface area contributed by atoms with E-state index in [1.165, 1.54) is 6.07 Å². The van der Waals surface area contributed by atoms with Crippen LogP contribution < -0.4 is 10.2 Å². The summed E-state index contributed by atoms with van der Waals surface area (Å²) in [6, 6.07) is 2.99. The molecule has 0 aliphatic heterocycles. The third kappa shape index (κ3) is 3.82. The molecule has 1 aromatic rings. The predicted octanol–water partition coefficient (Wildman–Crippen LogP) is 2.27. The standard InChI is InChI=1S/C11H14F3N3O2/c1-15-5-6-16(2)8-3-4-10(17(18)19)9(7-8)11(12,13)14/h3-4,7,15H,5-6H2,1-2H3. The molecule has 0 fully saturated rings. The normalized spacial score (nSPS) is 11.4. The van der Waals surface area contributed by atoms with Gasteiger partial charge in [0.1, 0.15) is 5.56 Å². The molecule has 0 spiro atoms. The van der Waals surface area contributed by atoms with Crippen LogP contribution in [0, 0.1) is 10.1 Å². The number of nitro groups is 1. The van der Waals surface area contributed by atoms with Crippen LogP contribution >= 0.6 is 0 Å². The molecule has 0 bridgehead atoms. The van der Waals surface area contributed by atoms with E-state index in [-0.39, 0.29) is 5.69 Å². The van der Waals surface area contributed by atoms with Crippen LogP contribution in [0.15, 0.2) is 18.2 Å². The predicted molar refractivity (Wildman–Crippen MR) is 65.3 cm³/mol. The second-order valence-electron chi connectivity index (χ2n) is 3.98. The maximum absolute atomic E-state index is 12.8. The summed E-state index contributed by atoms with van der Waals surface area (Å²) in [5.74, 6) is 0. The lowest BCUT2D eigenvalue weighted by molar-refractivity contribution is -0.388. The Morgan fingerprint density at radius 2 is 2.05 bits per heavy atom. The molecule has 8 heteroatoms. The molecule has 0 radical (unpaired) electrons. The van der Waals surface area contributed by atoms with Gasteiger partial charge in [-0.2, -0.15) is 13.2 Å². The van der Waals surface area contributed by atoms with Crippen LogP contribution in [0.2, 0.25) is 0 Å². The Morgan fingerprint density at radius 1 is 1.42 bits per heavy atom. The summed E-state index contributed by atoms with van der Waals surface area (Å²) in [7, 11) is 3.35. The van der Waals surface area contributed by atoms with Crippen molar-refractivity contribution in [3.8, 4) is 0 Å². The third-order valence-corrected chi connectivity index (χ3v) is 2.62. The highest BCUT2D eigenvalue weighted by Gasteiger charge is 2.38. The van der Waals surface area contributed by atoms with Crippen LogP contribution in [0.4, 0.5) is 24.5 Å². The summed E-state index contributed by atoms with van der Waals surface area (Å²) < 4.78 is 38.3. The fourth-order valence-corrected chi connectivity index (χ4v) is 1.56. The lowest BCUT2D eigenvalue weighted by atomic mass is 10.1. The van der Waals surface area contributed by atoms with Gasteiger partial charge in [-0.3, -0.25) is 10.1 Å². The zero-order chi connectivity index (χ0) is 14.6. The number of benzene rings is 1. The Hall–Kier alpha value is -1.83. The van der Waals surface area contributed by atoms with Gasteiger partial charge in [0.15, 0.2) is 0 Å². The lowest BCUT2D eigenvalue weighted by Crippen LogP contribution is -2.27. The molecular formula is C11H14F3N3O2. The highest BCUT2D eigenvalue weighted by molar-refractivity contribution is 5.56. The monoisotopic (exact) mass is 277 g/mol. The highest BCUT2D eigenvalue weighted by atomic mass is 19.4. The van der Waals surface area contributed by atoms with Crippen molar-refractivity contribution in [1.29, 1.82) is 0 Å². The number of hydrogen-bond acceptors (Lipinski definition) is 4. The van der Waals surface area contributed by atoms with Crippen molar-refractivity contribution in [3.63, 3.8) is 0 Å². The van der Waals surface area contributed by atoms with E-state index in [1.54, 1.807) is 19.0 Å². The minimum absolute atomic E-state index is 0.285. The van der Waals surface area contributed by atoms with Crippen molar-refractivity contribution in [2.75, 3.05) is 32.1 Å². The second-order valence-corrected chi connectivity index (χ2v) is 3.98. The minimum atomic E-state index is -4.75. The average molecular weight is 277 g/mol. The quantitative estimate of drug-likeness (QED) is 0.662. The van der Waals surface area contributed by atoms with Crippen LogP contribution in [-0.2, 0) is 6.18 Å². The molecule has 0 atom stereocenters.